The van der Waals surface area contributed by atoms with E-state index in [0.717, 1.165) is 18.2 Å². The van der Waals surface area contributed by atoms with E-state index in [4.69, 9.17) is 0 Å². The Kier molecular flexibility index (Phi) is 4.92. The third kappa shape index (κ3) is 4.00. The van der Waals surface area contributed by atoms with E-state index in [1.807, 2.05) is 6.20 Å². The molecule has 0 saturated heterocycles. The molecule has 3 nitrogen and oxygen atoms in total. The van der Waals surface area contributed by atoms with Crippen molar-refractivity contribution in [2.75, 3.05) is 0 Å². The summed E-state index contributed by atoms with van der Waals surface area (Å²) in [4.78, 5) is 8.41. The maximum Gasteiger partial charge on any atom is 0.0724 e. The molecule has 1 aromatic heterocycles. The summed E-state index contributed by atoms with van der Waals surface area (Å²) < 4.78 is 0. The third-order valence-electron chi connectivity index (χ3n) is 4.93. The van der Waals surface area contributed by atoms with Crippen LogP contribution in [0.15, 0.2) is 18.6 Å². The van der Waals surface area contributed by atoms with Crippen LogP contribution in [0.25, 0.3) is 0 Å². The number of nitrogens with one attached hydrogen (secondary N) is 1. The second-order valence-electron chi connectivity index (χ2n) is 6.47. The zero-order valence-corrected chi connectivity index (χ0v) is 12.5. The molecule has 0 aromatic carbocycles. The van der Waals surface area contributed by atoms with Gasteiger partial charge in [0.1, 0.15) is 0 Å². The molecular weight excluding hydrogens is 234 g/mol. The summed E-state index contributed by atoms with van der Waals surface area (Å²) in [5.74, 6) is 0.895. The van der Waals surface area contributed by atoms with Crippen molar-refractivity contribution in [3.8, 4) is 0 Å². The summed E-state index contributed by atoms with van der Waals surface area (Å²) in [7, 11) is 0. The summed E-state index contributed by atoms with van der Waals surface area (Å²) >= 11 is 0. The van der Waals surface area contributed by atoms with Crippen LogP contribution >= 0.6 is 0 Å². The van der Waals surface area contributed by atoms with Gasteiger partial charge in [-0.25, -0.2) is 0 Å². The van der Waals surface area contributed by atoms with Gasteiger partial charge in [0, 0.05) is 31.2 Å². The van der Waals surface area contributed by atoms with Crippen LogP contribution in [-0.2, 0) is 6.54 Å². The molecule has 0 spiro atoms. The van der Waals surface area contributed by atoms with Crippen LogP contribution in [0.1, 0.15) is 58.6 Å². The predicted molar refractivity (Wildman–Crippen MR) is 78.7 cm³/mol. The second kappa shape index (κ2) is 6.47. The maximum absolute atomic E-state index is 4.31. The molecule has 1 aromatic rings. The predicted octanol–water partition coefficient (Wildman–Crippen LogP) is 3.56. The van der Waals surface area contributed by atoms with Crippen molar-refractivity contribution < 1.29 is 0 Å². The Bertz CT molecular complexity index is 367. The molecule has 0 radical (unpaired) electrons. The molecule has 3 heteroatoms. The molecule has 1 fully saturated rings. The molecule has 106 valence electrons. The molecule has 1 saturated carbocycles. The van der Waals surface area contributed by atoms with Crippen molar-refractivity contribution in [3.05, 3.63) is 24.3 Å². The monoisotopic (exact) mass is 261 g/mol. The highest BCUT2D eigenvalue weighted by Crippen LogP contribution is 2.40. The highest BCUT2D eigenvalue weighted by atomic mass is 14.9. The van der Waals surface area contributed by atoms with E-state index >= 15 is 0 Å². The van der Waals surface area contributed by atoms with Crippen molar-refractivity contribution in [1.29, 1.82) is 0 Å². The molecular formula is C16H27N3. The van der Waals surface area contributed by atoms with Crippen LogP contribution in [0.2, 0.25) is 0 Å². The minimum atomic E-state index is 0.510. The Morgan fingerprint density at radius 2 is 1.95 bits per heavy atom. The number of rotatable bonds is 5. The number of hydrogen-bond donors (Lipinski definition) is 1. The van der Waals surface area contributed by atoms with Gasteiger partial charge in [-0.15, -0.1) is 0 Å². The molecule has 0 bridgehead atoms. The van der Waals surface area contributed by atoms with Gasteiger partial charge >= 0.3 is 0 Å². The van der Waals surface area contributed by atoms with E-state index in [2.05, 4.69) is 36.1 Å². The lowest BCUT2D eigenvalue weighted by Crippen LogP contribution is -2.36. The SMILES string of the molecule is CCC(C)(C)C1CCC(NCc2cnccn2)CC1. The van der Waals surface area contributed by atoms with Crippen LogP contribution in [0.3, 0.4) is 0 Å². The Morgan fingerprint density at radius 1 is 1.21 bits per heavy atom. The first-order valence-electron chi connectivity index (χ1n) is 7.60. The first kappa shape index (κ1) is 14.4. The Balaban J connectivity index is 1.75. The number of nitrogens with zero attached hydrogens (tertiary/aromatic N) is 2. The fourth-order valence-corrected chi connectivity index (χ4v) is 3.04. The zero-order valence-electron chi connectivity index (χ0n) is 12.5. The second-order valence-corrected chi connectivity index (χ2v) is 6.47. The fraction of sp³-hybridized carbons (Fsp3) is 0.750. The van der Waals surface area contributed by atoms with E-state index in [-0.39, 0.29) is 0 Å². The van der Waals surface area contributed by atoms with Gasteiger partial charge in [-0.1, -0.05) is 27.2 Å². The molecule has 1 heterocycles. The van der Waals surface area contributed by atoms with E-state index in [0.29, 0.717) is 11.5 Å². The maximum atomic E-state index is 4.31. The smallest absolute Gasteiger partial charge is 0.0724 e. The third-order valence-corrected chi connectivity index (χ3v) is 4.93. The quantitative estimate of drug-likeness (QED) is 0.880. The van der Waals surface area contributed by atoms with Gasteiger partial charge in [0.15, 0.2) is 0 Å². The van der Waals surface area contributed by atoms with Crippen LogP contribution in [0.4, 0.5) is 0 Å². The van der Waals surface area contributed by atoms with Crippen LogP contribution in [0.5, 0.6) is 0 Å². The molecule has 0 aliphatic heterocycles. The molecule has 0 atom stereocenters. The van der Waals surface area contributed by atoms with E-state index in [1.165, 1.54) is 32.1 Å². The van der Waals surface area contributed by atoms with Crippen LogP contribution in [-0.4, -0.2) is 16.0 Å². The first-order chi connectivity index (χ1) is 9.12. The average molecular weight is 261 g/mol. The van der Waals surface area contributed by atoms with E-state index in [9.17, 15) is 0 Å². The molecule has 0 unspecified atom stereocenters. The minimum absolute atomic E-state index is 0.510. The van der Waals surface area contributed by atoms with Gasteiger partial charge in [0.2, 0.25) is 0 Å². The Hall–Kier alpha value is -0.960. The van der Waals surface area contributed by atoms with Crippen LogP contribution < -0.4 is 5.32 Å². The molecule has 2 rings (SSSR count). The normalized spacial score (nSPS) is 24.4. The minimum Gasteiger partial charge on any atom is -0.308 e. The lowest BCUT2D eigenvalue weighted by atomic mass is 9.69. The number of hydrogen-bond acceptors (Lipinski definition) is 3. The molecule has 0 amide bonds. The summed E-state index contributed by atoms with van der Waals surface area (Å²) in [6, 6.07) is 0.658. The number of aromatic nitrogens is 2. The lowest BCUT2D eigenvalue weighted by Gasteiger charge is -2.39. The standard InChI is InChI=1S/C16H27N3/c1-4-16(2,3)13-5-7-14(8-6-13)19-12-15-11-17-9-10-18-15/h9-11,13-14,19H,4-8,12H2,1-3H3. The summed E-state index contributed by atoms with van der Waals surface area (Å²) in [6.07, 6.45) is 11.9. The van der Waals surface area contributed by atoms with Crippen molar-refractivity contribution in [1.82, 2.24) is 15.3 Å². The Morgan fingerprint density at radius 3 is 2.53 bits per heavy atom. The lowest BCUT2D eigenvalue weighted by molar-refractivity contribution is 0.136. The summed E-state index contributed by atoms with van der Waals surface area (Å²) in [5.41, 5.74) is 1.55. The van der Waals surface area contributed by atoms with Crippen molar-refractivity contribution in [2.24, 2.45) is 11.3 Å². The first-order valence-corrected chi connectivity index (χ1v) is 7.60. The van der Waals surface area contributed by atoms with Gasteiger partial charge in [-0.3, -0.25) is 9.97 Å². The average Bonchev–Trinajstić information content (AvgIpc) is 2.47. The summed E-state index contributed by atoms with van der Waals surface area (Å²) in [5, 5.41) is 3.63. The zero-order chi connectivity index (χ0) is 13.7. The topological polar surface area (TPSA) is 37.8 Å². The molecule has 1 N–H and O–H groups in total. The van der Waals surface area contributed by atoms with Crippen molar-refractivity contribution >= 4 is 0 Å². The van der Waals surface area contributed by atoms with E-state index < -0.39 is 0 Å². The van der Waals surface area contributed by atoms with E-state index in [1.54, 1.807) is 12.4 Å². The fourth-order valence-electron chi connectivity index (χ4n) is 3.04. The van der Waals surface area contributed by atoms with Crippen LogP contribution in [0, 0.1) is 11.3 Å². The van der Waals surface area contributed by atoms with Gasteiger partial charge in [0.05, 0.1) is 5.69 Å². The van der Waals surface area contributed by atoms with Crippen molar-refractivity contribution in [3.63, 3.8) is 0 Å². The van der Waals surface area contributed by atoms with Gasteiger partial charge in [-0.2, -0.15) is 0 Å². The molecule has 1 aliphatic carbocycles. The highest BCUT2D eigenvalue weighted by Gasteiger charge is 2.31. The highest BCUT2D eigenvalue weighted by molar-refractivity contribution is 4.95. The Labute approximate surface area is 117 Å². The molecule has 1 aliphatic rings. The van der Waals surface area contributed by atoms with Gasteiger partial charge in [0.25, 0.3) is 0 Å². The summed E-state index contributed by atoms with van der Waals surface area (Å²) in [6.45, 7) is 8.01. The van der Waals surface area contributed by atoms with Gasteiger partial charge < -0.3 is 5.32 Å². The largest absolute Gasteiger partial charge is 0.308 e. The molecule has 19 heavy (non-hydrogen) atoms. The van der Waals surface area contributed by atoms with Crippen molar-refractivity contribution in [2.45, 2.75) is 65.5 Å². The van der Waals surface area contributed by atoms with Gasteiger partial charge in [-0.05, 0) is 37.0 Å².